The Morgan fingerprint density at radius 2 is 1.14 bits per heavy atom. The summed E-state index contributed by atoms with van der Waals surface area (Å²) in [4.78, 5) is 0. The van der Waals surface area contributed by atoms with E-state index in [1.54, 1.807) is 0 Å². The number of rotatable bonds is 20. The summed E-state index contributed by atoms with van der Waals surface area (Å²) in [6.07, 6.45) is 33.9. The van der Waals surface area contributed by atoms with E-state index in [2.05, 4.69) is 67.7 Å². The molecule has 166 valence electrons. The normalized spacial score (nSPS) is 13.9. The molecule has 0 aromatic carbocycles. The Hall–Kier alpha value is -1.42. The van der Waals surface area contributed by atoms with Crippen LogP contribution in [0.5, 0.6) is 0 Å². The molecular weight excluding hydrogens is 360 g/mol. The van der Waals surface area contributed by atoms with Gasteiger partial charge < -0.3 is 14.9 Å². The Balaban J connectivity index is 3.34. The van der Waals surface area contributed by atoms with Crippen molar-refractivity contribution >= 4 is 0 Å². The van der Waals surface area contributed by atoms with Gasteiger partial charge in [0.1, 0.15) is 6.10 Å². The molecule has 0 aromatic rings. The van der Waals surface area contributed by atoms with E-state index in [4.69, 9.17) is 14.9 Å². The van der Waals surface area contributed by atoms with Gasteiger partial charge in [-0.15, -0.1) is 0 Å². The number of hydrogen-bond donors (Lipinski definition) is 2. The third kappa shape index (κ3) is 24.5. The van der Waals surface area contributed by atoms with Crippen LogP contribution in [0.4, 0.5) is 0 Å². The summed E-state index contributed by atoms with van der Waals surface area (Å²) < 4.78 is 5.29. The molecule has 0 aliphatic heterocycles. The molecule has 0 aliphatic carbocycles. The fourth-order valence-corrected chi connectivity index (χ4v) is 2.64. The minimum atomic E-state index is -0.738. The number of ether oxygens (including phenoxy) is 1. The highest BCUT2D eigenvalue weighted by atomic mass is 16.5. The van der Waals surface area contributed by atoms with Crippen LogP contribution in [0.3, 0.4) is 0 Å². The van der Waals surface area contributed by atoms with Gasteiger partial charge >= 0.3 is 0 Å². The van der Waals surface area contributed by atoms with E-state index in [1.807, 2.05) is 0 Å². The highest BCUT2D eigenvalue weighted by Gasteiger charge is 2.00. The van der Waals surface area contributed by atoms with Gasteiger partial charge in [-0.1, -0.05) is 86.9 Å². The summed E-state index contributed by atoms with van der Waals surface area (Å²) >= 11 is 0. The lowest BCUT2D eigenvalue weighted by atomic mass is 10.1. The van der Waals surface area contributed by atoms with Crippen molar-refractivity contribution in [3.05, 3.63) is 60.8 Å². The van der Waals surface area contributed by atoms with E-state index in [9.17, 15) is 0 Å². The Morgan fingerprint density at radius 3 is 1.69 bits per heavy atom. The molecule has 0 radical (unpaired) electrons. The molecule has 0 saturated carbocycles. The first-order valence-corrected chi connectivity index (χ1v) is 11.4. The Morgan fingerprint density at radius 1 is 0.655 bits per heavy atom. The molecule has 2 N–H and O–H groups in total. The van der Waals surface area contributed by atoms with Gasteiger partial charge in [0.15, 0.2) is 0 Å². The smallest absolute Gasteiger partial charge is 0.100 e. The summed E-state index contributed by atoms with van der Waals surface area (Å²) in [6, 6.07) is 0. The maximum atomic E-state index is 9.14. The first-order chi connectivity index (χ1) is 14.3. The van der Waals surface area contributed by atoms with Gasteiger partial charge in [0.05, 0.1) is 13.2 Å². The Kier molecular flexibility index (Phi) is 23.4. The molecule has 0 fully saturated rings. The molecule has 0 aliphatic rings. The molecule has 3 nitrogen and oxygen atoms in total. The second-order valence-electron chi connectivity index (χ2n) is 7.18. The van der Waals surface area contributed by atoms with Gasteiger partial charge in [-0.2, -0.15) is 0 Å². The van der Waals surface area contributed by atoms with Crippen LogP contribution in [0.2, 0.25) is 0 Å². The van der Waals surface area contributed by atoms with E-state index in [1.165, 1.54) is 25.7 Å². The van der Waals surface area contributed by atoms with Gasteiger partial charge in [-0.3, -0.25) is 0 Å². The van der Waals surface area contributed by atoms with Crippen molar-refractivity contribution < 1.29 is 14.9 Å². The van der Waals surface area contributed by atoms with Gasteiger partial charge in [0, 0.05) is 6.61 Å². The second-order valence-corrected chi connectivity index (χ2v) is 7.18. The number of hydrogen-bond acceptors (Lipinski definition) is 3. The van der Waals surface area contributed by atoms with Crippen LogP contribution < -0.4 is 0 Å². The van der Waals surface area contributed by atoms with Crippen molar-refractivity contribution in [3.8, 4) is 0 Å². The predicted octanol–water partition coefficient (Wildman–Crippen LogP) is 6.45. The van der Waals surface area contributed by atoms with E-state index in [0.29, 0.717) is 6.61 Å². The van der Waals surface area contributed by atoms with Crippen LogP contribution >= 0.6 is 0 Å². The first-order valence-electron chi connectivity index (χ1n) is 11.4. The monoisotopic (exact) mass is 404 g/mol. The summed E-state index contributed by atoms with van der Waals surface area (Å²) in [7, 11) is 0. The minimum absolute atomic E-state index is 0.226. The maximum absolute atomic E-state index is 9.14. The number of aliphatic hydroxyl groups excluding tert-OH is 2. The number of unbranched alkanes of at least 4 members (excludes halogenated alkanes) is 5. The van der Waals surface area contributed by atoms with Crippen molar-refractivity contribution in [2.45, 2.75) is 83.7 Å². The lowest BCUT2D eigenvalue weighted by Gasteiger charge is -2.07. The summed E-state index contributed by atoms with van der Waals surface area (Å²) in [6.45, 7) is 2.84. The van der Waals surface area contributed by atoms with Crippen LogP contribution in [0.1, 0.15) is 77.6 Å². The molecule has 0 bridgehead atoms. The molecule has 0 rings (SSSR count). The van der Waals surface area contributed by atoms with Crippen LogP contribution in [-0.4, -0.2) is 36.1 Å². The van der Waals surface area contributed by atoms with E-state index < -0.39 is 6.10 Å². The van der Waals surface area contributed by atoms with Crippen LogP contribution in [0, 0.1) is 0 Å². The minimum Gasteiger partial charge on any atom is -0.394 e. The van der Waals surface area contributed by atoms with E-state index >= 15 is 0 Å². The third-order valence-electron chi connectivity index (χ3n) is 4.34. The van der Waals surface area contributed by atoms with Crippen LogP contribution in [0.15, 0.2) is 60.8 Å². The Labute approximate surface area is 179 Å². The molecule has 0 heterocycles. The standard InChI is InChI=1S/C26H44O3/c1-2-3-4-5-6-7-8-9-10-11-12-13-14-15-16-17-18-19-20-21-22-23-29-25-26(28)24-27/h3-4,6-7,9-10,12-13,15-16,26-28H,2,5,8,11,14,17-25H2,1H3. The van der Waals surface area contributed by atoms with Gasteiger partial charge in [0.2, 0.25) is 0 Å². The molecular formula is C26H44O3. The van der Waals surface area contributed by atoms with Crippen LogP contribution in [-0.2, 0) is 4.74 Å². The van der Waals surface area contributed by atoms with E-state index in [0.717, 1.165) is 44.9 Å². The topological polar surface area (TPSA) is 49.7 Å². The average molecular weight is 405 g/mol. The molecule has 0 aromatic heterocycles. The summed E-state index contributed by atoms with van der Waals surface area (Å²) in [5.41, 5.74) is 0. The van der Waals surface area contributed by atoms with Crippen LogP contribution in [0.25, 0.3) is 0 Å². The zero-order valence-corrected chi connectivity index (χ0v) is 18.6. The SMILES string of the molecule is CCC=CCC=CCC=CCC=CCC=CCCCCCCCOCC(O)CO. The maximum Gasteiger partial charge on any atom is 0.100 e. The fraction of sp³-hybridized carbons (Fsp3) is 0.615. The summed E-state index contributed by atoms with van der Waals surface area (Å²) in [5.74, 6) is 0. The molecule has 29 heavy (non-hydrogen) atoms. The molecule has 1 atom stereocenters. The Bertz CT molecular complexity index is 461. The summed E-state index contributed by atoms with van der Waals surface area (Å²) in [5, 5.41) is 17.8. The average Bonchev–Trinajstić information content (AvgIpc) is 2.74. The number of allylic oxidation sites excluding steroid dienone is 10. The zero-order valence-electron chi connectivity index (χ0n) is 18.6. The number of aliphatic hydroxyl groups is 2. The van der Waals surface area contributed by atoms with Gasteiger partial charge in [0.25, 0.3) is 0 Å². The molecule has 0 saturated heterocycles. The van der Waals surface area contributed by atoms with Crippen molar-refractivity contribution in [2.24, 2.45) is 0 Å². The lowest BCUT2D eigenvalue weighted by Crippen LogP contribution is -2.19. The quantitative estimate of drug-likeness (QED) is 0.181. The first kappa shape index (κ1) is 27.6. The van der Waals surface area contributed by atoms with Crippen molar-refractivity contribution in [3.63, 3.8) is 0 Å². The van der Waals surface area contributed by atoms with Crippen molar-refractivity contribution in [1.82, 2.24) is 0 Å². The highest BCUT2D eigenvalue weighted by Crippen LogP contribution is 2.06. The third-order valence-corrected chi connectivity index (χ3v) is 4.34. The van der Waals surface area contributed by atoms with Crippen molar-refractivity contribution in [1.29, 1.82) is 0 Å². The van der Waals surface area contributed by atoms with E-state index in [-0.39, 0.29) is 13.2 Å². The highest BCUT2D eigenvalue weighted by molar-refractivity contribution is 5.00. The zero-order chi connectivity index (χ0) is 21.3. The van der Waals surface area contributed by atoms with Gasteiger partial charge in [-0.25, -0.2) is 0 Å². The van der Waals surface area contributed by atoms with Crippen molar-refractivity contribution in [2.75, 3.05) is 19.8 Å². The van der Waals surface area contributed by atoms with Gasteiger partial charge in [-0.05, 0) is 51.4 Å². The second kappa shape index (κ2) is 24.6. The molecule has 0 spiro atoms. The molecule has 0 amide bonds. The fourth-order valence-electron chi connectivity index (χ4n) is 2.64. The lowest BCUT2D eigenvalue weighted by molar-refractivity contribution is 0.00526. The molecule has 1 unspecified atom stereocenters. The molecule has 3 heteroatoms. The predicted molar refractivity (Wildman–Crippen MR) is 126 cm³/mol. The largest absolute Gasteiger partial charge is 0.394 e.